The fraction of sp³-hybridized carbons (Fsp3) is 0.0250. The molecular formula is C80H56N2S. The summed E-state index contributed by atoms with van der Waals surface area (Å²) in [6.07, 6.45) is 12.7. The summed E-state index contributed by atoms with van der Waals surface area (Å²) in [4.78, 5) is 7.39. The van der Waals surface area contributed by atoms with Gasteiger partial charge in [0.2, 0.25) is 0 Å². The molecule has 0 N–H and O–H groups in total. The molecule has 0 spiro atoms. The van der Waals surface area contributed by atoms with E-state index in [-0.39, 0.29) is 5.92 Å². The summed E-state index contributed by atoms with van der Waals surface area (Å²) >= 11 is 1.85. The standard InChI is InChI=1S/C40H30N2.C40H26S/c1-5-13-31(14-6-1)41(32-15-7-2-8-16-32)37-27-23-29-22-26-36-38(28-24-30-21-25-35(37)39(29)40(30)36)42(33-17-9-3-10-18-33)34-19-11-4-12-20-34;1-2-12-28(13-3-1)37-23-24-38(41-37)30-15-10-16-31(26-30)39-33-17-6-8-19-35(33)40(36-20-9-7-18-34(36)39)32-22-21-27-11-4-5-14-29(27)25-32/h1-25,27-28,39H,26H2;1-26H. The number of rotatable bonds is 10. The lowest BCUT2D eigenvalue weighted by Gasteiger charge is -2.39. The van der Waals surface area contributed by atoms with Crippen molar-refractivity contribution in [3.05, 3.63) is 349 Å². The van der Waals surface area contributed by atoms with Crippen LogP contribution < -0.4 is 9.80 Å². The minimum atomic E-state index is 0.192. The molecule has 1 unspecified atom stereocenters. The van der Waals surface area contributed by atoms with Gasteiger partial charge in [-0.1, -0.05) is 237 Å². The van der Waals surface area contributed by atoms with E-state index >= 15 is 0 Å². The molecule has 2 nitrogen and oxygen atoms in total. The molecule has 1 heterocycles. The summed E-state index contributed by atoms with van der Waals surface area (Å²) in [5.41, 5.74) is 21.6. The van der Waals surface area contributed by atoms with Crippen molar-refractivity contribution in [2.75, 3.05) is 9.80 Å². The lowest BCUT2D eigenvalue weighted by atomic mass is 9.70. The minimum Gasteiger partial charge on any atom is -0.310 e. The predicted molar refractivity (Wildman–Crippen MR) is 354 cm³/mol. The van der Waals surface area contributed by atoms with Crippen LogP contribution in [0.3, 0.4) is 0 Å². The van der Waals surface area contributed by atoms with Crippen molar-refractivity contribution >= 4 is 78.2 Å². The summed E-state index contributed by atoms with van der Waals surface area (Å²) in [5.74, 6) is 0.192. The molecule has 16 rings (SSSR count). The fourth-order valence-electron chi connectivity index (χ4n) is 12.9. The third-order valence-corrected chi connectivity index (χ3v) is 17.8. The van der Waals surface area contributed by atoms with Gasteiger partial charge in [0.1, 0.15) is 0 Å². The number of allylic oxidation sites excluding steroid dienone is 6. The molecular weight excluding hydrogens is 1020 g/mol. The van der Waals surface area contributed by atoms with Crippen LogP contribution in [0.4, 0.5) is 28.4 Å². The van der Waals surface area contributed by atoms with Crippen LogP contribution in [0.2, 0.25) is 0 Å². The lowest BCUT2D eigenvalue weighted by molar-refractivity contribution is 0.871. The molecule has 0 saturated heterocycles. The summed E-state index contributed by atoms with van der Waals surface area (Å²) in [5, 5.41) is 7.65. The van der Waals surface area contributed by atoms with Gasteiger partial charge in [0, 0.05) is 44.1 Å². The fourth-order valence-corrected chi connectivity index (χ4v) is 13.9. The number of hydrogen-bond acceptors (Lipinski definition) is 3. The van der Waals surface area contributed by atoms with E-state index in [1.54, 1.807) is 0 Å². The molecule has 3 heteroatoms. The number of nitrogens with zero attached hydrogens (tertiary/aromatic N) is 2. The smallest absolute Gasteiger partial charge is 0.0503 e. The zero-order chi connectivity index (χ0) is 55.1. The molecule has 0 aliphatic heterocycles. The molecule has 12 aromatic carbocycles. The minimum absolute atomic E-state index is 0.192. The number of benzene rings is 12. The summed E-state index contributed by atoms with van der Waals surface area (Å²) < 4.78 is 0. The number of para-hydroxylation sites is 4. The zero-order valence-electron chi connectivity index (χ0n) is 45.7. The quantitative estimate of drug-likeness (QED) is 0.126. The highest BCUT2D eigenvalue weighted by Crippen LogP contribution is 2.53. The van der Waals surface area contributed by atoms with E-state index < -0.39 is 0 Å². The molecule has 0 fully saturated rings. The predicted octanol–water partition coefficient (Wildman–Crippen LogP) is 22.3. The normalized spacial score (nSPS) is 13.8. The maximum absolute atomic E-state index is 2.44. The van der Waals surface area contributed by atoms with Gasteiger partial charge in [0.05, 0.1) is 5.70 Å². The van der Waals surface area contributed by atoms with Gasteiger partial charge in [0.15, 0.2) is 0 Å². The molecule has 0 saturated carbocycles. The van der Waals surface area contributed by atoms with Crippen LogP contribution in [-0.4, -0.2) is 0 Å². The first kappa shape index (κ1) is 49.7. The molecule has 392 valence electrons. The maximum Gasteiger partial charge on any atom is 0.0503 e. The molecule has 3 aliphatic rings. The second kappa shape index (κ2) is 21.6. The Kier molecular flexibility index (Phi) is 12.9. The molecule has 0 amide bonds. The molecule has 0 bridgehead atoms. The third-order valence-electron chi connectivity index (χ3n) is 16.6. The van der Waals surface area contributed by atoms with E-state index in [9.17, 15) is 0 Å². The van der Waals surface area contributed by atoms with Crippen LogP contribution in [0, 0.1) is 0 Å². The van der Waals surface area contributed by atoms with Gasteiger partial charge in [-0.15, -0.1) is 11.3 Å². The first-order valence-corrected chi connectivity index (χ1v) is 29.5. The van der Waals surface area contributed by atoms with Crippen LogP contribution in [-0.2, 0) is 6.42 Å². The van der Waals surface area contributed by atoms with E-state index in [2.05, 4.69) is 331 Å². The molecule has 13 aromatic rings. The Labute approximate surface area is 489 Å². The Morgan fingerprint density at radius 3 is 1.41 bits per heavy atom. The highest BCUT2D eigenvalue weighted by atomic mass is 32.1. The maximum atomic E-state index is 2.44. The Bertz CT molecular complexity index is 4550. The summed E-state index contributed by atoms with van der Waals surface area (Å²) in [6, 6.07) is 105. The molecule has 1 aromatic heterocycles. The van der Waals surface area contributed by atoms with E-state index in [1.807, 2.05) is 11.3 Å². The van der Waals surface area contributed by atoms with Crippen molar-refractivity contribution in [2.45, 2.75) is 12.3 Å². The second-order valence-corrected chi connectivity index (χ2v) is 22.5. The highest BCUT2D eigenvalue weighted by Gasteiger charge is 2.36. The van der Waals surface area contributed by atoms with Gasteiger partial charge in [-0.3, -0.25) is 0 Å². The molecule has 1 atom stereocenters. The highest BCUT2D eigenvalue weighted by molar-refractivity contribution is 7.18. The number of hydrogen-bond donors (Lipinski definition) is 0. The number of fused-ring (bicyclic) bond motifs is 3. The largest absolute Gasteiger partial charge is 0.310 e. The van der Waals surface area contributed by atoms with Crippen molar-refractivity contribution < 1.29 is 0 Å². The summed E-state index contributed by atoms with van der Waals surface area (Å²) in [6.45, 7) is 0. The molecule has 0 radical (unpaired) electrons. The van der Waals surface area contributed by atoms with Gasteiger partial charge in [-0.25, -0.2) is 0 Å². The van der Waals surface area contributed by atoms with Gasteiger partial charge >= 0.3 is 0 Å². The average molecular weight is 1080 g/mol. The lowest BCUT2D eigenvalue weighted by Crippen LogP contribution is -2.26. The third kappa shape index (κ3) is 9.18. The van der Waals surface area contributed by atoms with E-state index in [1.165, 1.54) is 126 Å². The van der Waals surface area contributed by atoms with Gasteiger partial charge < -0.3 is 9.80 Å². The average Bonchev–Trinajstić information content (AvgIpc) is 4.20. The number of anilines is 5. The Hall–Kier alpha value is -10.3. The van der Waals surface area contributed by atoms with Crippen LogP contribution in [0.5, 0.6) is 0 Å². The summed E-state index contributed by atoms with van der Waals surface area (Å²) in [7, 11) is 0. The van der Waals surface area contributed by atoms with Crippen molar-refractivity contribution in [3.8, 4) is 43.1 Å². The van der Waals surface area contributed by atoms with Gasteiger partial charge in [0.25, 0.3) is 0 Å². The van der Waals surface area contributed by atoms with E-state index in [0.717, 1.165) is 17.8 Å². The Balaban J connectivity index is 0.000000142. The first-order chi connectivity index (χ1) is 41.2. The number of thiophene rings is 1. The second-order valence-electron chi connectivity index (χ2n) is 21.4. The van der Waals surface area contributed by atoms with Crippen LogP contribution >= 0.6 is 11.3 Å². The Morgan fingerprint density at radius 1 is 0.337 bits per heavy atom. The van der Waals surface area contributed by atoms with E-state index in [4.69, 9.17) is 0 Å². The SMILES string of the molecule is C1=CC(N(c2ccccc2)c2ccccc2)=C2C=Cc3ccc(N(c4ccccc4)c4ccccc4)c4c3C2C1=CC4.c1ccc(-c2ccc(-c3cccc(-c4c5ccccc5c(-c5ccc6ccccc6c5)c5ccccc45)c3)s2)cc1. The monoisotopic (exact) mass is 1080 g/mol. The van der Waals surface area contributed by atoms with E-state index in [0.29, 0.717) is 0 Å². The van der Waals surface area contributed by atoms with Crippen molar-refractivity contribution in [3.63, 3.8) is 0 Å². The van der Waals surface area contributed by atoms with Crippen molar-refractivity contribution in [1.82, 2.24) is 0 Å². The van der Waals surface area contributed by atoms with Crippen molar-refractivity contribution in [2.24, 2.45) is 0 Å². The van der Waals surface area contributed by atoms with Gasteiger partial charge in [-0.05, 0) is 185 Å². The topological polar surface area (TPSA) is 6.48 Å². The van der Waals surface area contributed by atoms with Crippen LogP contribution in [0.1, 0.15) is 22.6 Å². The molecule has 83 heavy (non-hydrogen) atoms. The zero-order valence-corrected chi connectivity index (χ0v) is 46.5. The molecule has 3 aliphatic carbocycles. The van der Waals surface area contributed by atoms with Gasteiger partial charge in [-0.2, -0.15) is 0 Å². The van der Waals surface area contributed by atoms with Crippen LogP contribution in [0.15, 0.2) is 332 Å². The first-order valence-electron chi connectivity index (χ1n) is 28.7. The van der Waals surface area contributed by atoms with Crippen LogP contribution in [0.25, 0.3) is 81.5 Å². The van der Waals surface area contributed by atoms with Crippen molar-refractivity contribution in [1.29, 1.82) is 0 Å². The Morgan fingerprint density at radius 2 is 0.819 bits per heavy atom.